The van der Waals surface area contributed by atoms with E-state index >= 15 is 0 Å². The fourth-order valence-corrected chi connectivity index (χ4v) is 2.41. The fourth-order valence-electron chi connectivity index (χ4n) is 2.41. The Morgan fingerprint density at radius 2 is 1.88 bits per heavy atom. The predicted octanol–water partition coefficient (Wildman–Crippen LogP) is 2.77. The van der Waals surface area contributed by atoms with Crippen molar-refractivity contribution in [1.82, 2.24) is 9.80 Å². The Kier molecular flexibility index (Phi) is 5.86. The number of hydrogen-bond acceptors (Lipinski definition) is 5. The predicted molar refractivity (Wildman–Crippen MR) is 90.5 cm³/mol. The van der Waals surface area contributed by atoms with E-state index in [-0.39, 0.29) is 19.7 Å². The summed E-state index contributed by atoms with van der Waals surface area (Å²) < 4.78 is 10.6. The first kappa shape index (κ1) is 18.6. The quantitative estimate of drug-likeness (QED) is 0.823. The van der Waals surface area contributed by atoms with Crippen LogP contribution < -0.4 is 0 Å². The minimum atomic E-state index is -0.760. The molecule has 1 fully saturated rings. The van der Waals surface area contributed by atoms with Gasteiger partial charge in [-0.2, -0.15) is 5.26 Å². The second kappa shape index (κ2) is 7.88. The van der Waals surface area contributed by atoms with Crippen LogP contribution in [0.1, 0.15) is 26.3 Å². The molecule has 25 heavy (non-hydrogen) atoms. The van der Waals surface area contributed by atoms with Crippen LogP contribution in [0.2, 0.25) is 0 Å². The first-order valence-electron chi connectivity index (χ1n) is 8.15. The Morgan fingerprint density at radius 3 is 2.48 bits per heavy atom. The number of piperazine rings is 1. The number of rotatable bonds is 2. The zero-order chi connectivity index (χ0) is 18.4. The Labute approximate surface area is 147 Å². The smallest absolute Gasteiger partial charge is 0.411 e. The minimum absolute atomic E-state index is 0.103. The second-order valence-corrected chi connectivity index (χ2v) is 6.80. The van der Waals surface area contributed by atoms with Gasteiger partial charge in [0, 0.05) is 13.1 Å². The van der Waals surface area contributed by atoms with Crippen molar-refractivity contribution < 1.29 is 19.1 Å². The first-order valence-corrected chi connectivity index (χ1v) is 8.15. The SMILES string of the molecule is CC(C)(C)OC(=O)N1CCN(C(=O)OCc2ccccc2)[C@H](C#N)C1. The van der Waals surface area contributed by atoms with Crippen LogP contribution in [0.15, 0.2) is 30.3 Å². The van der Waals surface area contributed by atoms with Gasteiger partial charge in [-0.3, -0.25) is 4.90 Å². The number of benzene rings is 1. The summed E-state index contributed by atoms with van der Waals surface area (Å²) in [5.74, 6) is 0. The summed E-state index contributed by atoms with van der Waals surface area (Å²) in [6.07, 6.45) is -1.04. The van der Waals surface area contributed by atoms with Crippen LogP contribution in [0.3, 0.4) is 0 Å². The molecule has 2 amide bonds. The molecule has 7 nitrogen and oxygen atoms in total. The summed E-state index contributed by atoms with van der Waals surface area (Å²) in [6.45, 7) is 6.12. The van der Waals surface area contributed by atoms with Crippen molar-refractivity contribution in [1.29, 1.82) is 5.26 Å². The average molecular weight is 345 g/mol. The van der Waals surface area contributed by atoms with E-state index in [2.05, 4.69) is 6.07 Å². The molecule has 0 N–H and O–H groups in total. The monoisotopic (exact) mass is 345 g/mol. The van der Waals surface area contributed by atoms with Crippen LogP contribution in [0.25, 0.3) is 0 Å². The highest BCUT2D eigenvalue weighted by atomic mass is 16.6. The lowest BCUT2D eigenvalue weighted by atomic mass is 10.2. The van der Waals surface area contributed by atoms with Crippen LogP contribution in [0, 0.1) is 11.3 Å². The van der Waals surface area contributed by atoms with Gasteiger partial charge in [-0.25, -0.2) is 9.59 Å². The topological polar surface area (TPSA) is 82.9 Å². The molecule has 0 bridgehead atoms. The summed E-state index contributed by atoms with van der Waals surface area (Å²) in [6, 6.07) is 10.6. The maximum atomic E-state index is 12.3. The standard InChI is InChI=1S/C18H23N3O4/c1-18(2,3)25-16(22)20-9-10-21(15(11-19)12-20)17(23)24-13-14-7-5-4-6-8-14/h4-8,15H,9-10,12-13H2,1-3H3/t15-/m1/s1. The van der Waals surface area contributed by atoms with Gasteiger partial charge >= 0.3 is 12.2 Å². The molecule has 0 aromatic heterocycles. The highest BCUT2D eigenvalue weighted by Crippen LogP contribution is 2.16. The largest absolute Gasteiger partial charge is 0.445 e. The van der Waals surface area contributed by atoms with Crippen molar-refractivity contribution in [3.8, 4) is 6.07 Å². The Hall–Kier alpha value is -2.75. The molecule has 0 saturated carbocycles. The average Bonchev–Trinajstić information content (AvgIpc) is 2.58. The van der Waals surface area contributed by atoms with Crippen LogP contribution >= 0.6 is 0 Å². The number of nitriles is 1. The number of nitrogens with zero attached hydrogens (tertiary/aromatic N) is 3. The van der Waals surface area contributed by atoms with Crippen LogP contribution in [-0.4, -0.2) is 53.3 Å². The van der Waals surface area contributed by atoms with Crippen molar-refractivity contribution in [3.05, 3.63) is 35.9 Å². The summed E-state index contributed by atoms with van der Waals surface area (Å²) in [7, 11) is 0. The molecule has 1 aliphatic rings. The molecule has 0 spiro atoms. The van der Waals surface area contributed by atoms with Gasteiger partial charge in [0.25, 0.3) is 0 Å². The maximum Gasteiger partial charge on any atom is 0.411 e. The van der Waals surface area contributed by atoms with E-state index in [0.717, 1.165) is 5.56 Å². The number of carbonyl (C=O) groups excluding carboxylic acids is 2. The van der Waals surface area contributed by atoms with Gasteiger partial charge in [0.05, 0.1) is 12.6 Å². The Balaban J connectivity index is 1.92. The van der Waals surface area contributed by atoms with Gasteiger partial charge in [-0.1, -0.05) is 30.3 Å². The molecule has 1 aromatic rings. The molecular weight excluding hydrogens is 322 g/mol. The zero-order valence-electron chi connectivity index (χ0n) is 14.8. The molecule has 1 aliphatic heterocycles. The van der Waals surface area contributed by atoms with Crippen LogP contribution in [0.4, 0.5) is 9.59 Å². The summed E-state index contributed by atoms with van der Waals surface area (Å²) >= 11 is 0. The van der Waals surface area contributed by atoms with Crippen molar-refractivity contribution in [2.24, 2.45) is 0 Å². The van der Waals surface area contributed by atoms with Crippen LogP contribution in [-0.2, 0) is 16.1 Å². The third-order valence-electron chi connectivity index (χ3n) is 3.62. The number of amides is 2. The van der Waals surface area contributed by atoms with Crippen molar-refractivity contribution in [2.45, 2.75) is 39.0 Å². The molecule has 1 heterocycles. The fraction of sp³-hybridized carbons (Fsp3) is 0.500. The second-order valence-electron chi connectivity index (χ2n) is 6.80. The third-order valence-corrected chi connectivity index (χ3v) is 3.62. The van der Waals surface area contributed by atoms with E-state index in [1.54, 1.807) is 20.8 Å². The zero-order valence-corrected chi connectivity index (χ0v) is 14.8. The molecular formula is C18H23N3O4. The molecule has 134 valence electrons. The normalized spacial score (nSPS) is 17.6. The lowest BCUT2D eigenvalue weighted by molar-refractivity contribution is 0.00692. The maximum absolute atomic E-state index is 12.3. The summed E-state index contributed by atoms with van der Waals surface area (Å²) in [4.78, 5) is 27.2. The summed E-state index contributed by atoms with van der Waals surface area (Å²) in [5.41, 5.74) is 0.266. The number of carbonyl (C=O) groups is 2. The summed E-state index contributed by atoms with van der Waals surface area (Å²) in [5, 5.41) is 9.35. The molecule has 0 radical (unpaired) electrons. The molecule has 1 aromatic carbocycles. The van der Waals surface area contributed by atoms with Gasteiger partial charge in [0.2, 0.25) is 0 Å². The van der Waals surface area contributed by atoms with E-state index in [9.17, 15) is 14.9 Å². The molecule has 0 aliphatic carbocycles. The Morgan fingerprint density at radius 1 is 1.20 bits per heavy atom. The Bertz CT molecular complexity index is 649. The van der Waals surface area contributed by atoms with Crippen molar-refractivity contribution in [2.75, 3.05) is 19.6 Å². The van der Waals surface area contributed by atoms with Crippen molar-refractivity contribution >= 4 is 12.2 Å². The van der Waals surface area contributed by atoms with E-state index in [4.69, 9.17) is 9.47 Å². The highest BCUT2D eigenvalue weighted by Gasteiger charge is 2.35. The van der Waals surface area contributed by atoms with Crippen molar-refractivity contribution in [3.63, 3.8) is 0 Å². The molecule has 1 saturated heterocycles. The minimum Gasteiger partial charge on any atom is -0.445 e. The van der Waals surface area contributed by atoms with Gasteiger partial charge < -0.3 is 14.4 Å². The molecule has 0 unspecified atom stereocenters. The third kappa shape index (κ3) is 5.38. The van der Waals surface area contributed by atoms with E-state index in [0.29, 0.717) is 6.54 Å². The van der Waals surface area contributed by atoms with Crippen LogP contribution in [0.5, 0.6) is 0 Å². The van der Waals surface area contributed by atoms with E-state index < -0.39 is 23.8 Å². The lowest BCUT2D eigenvalue weighted by Gasteiger charge is -2.37. The molecule has 2 rings (SSSR count). The van der Waals surface area contributed by atoms with Gasteiger partial charge in [-0.05, 0) is 26.3 Å². The molecule has 7 heteroatoms. The van der Waals surface area contributed by atoms with Gasteiger partial charge in [0.1, 0.15) is 18.2 Å². The van der Waals surface area contributed by atoms with E-state index in [1.807, 2.05) is 30.3 Å². The lowest BCUT2D eigenvalue weighted by Crippen LogP contribution is -2.56. The number of hydrogen-bond donors (Lipinski definition) is 0. The first-order chi connectivity index (χ1) is 11.8. The number of ether oxygens (including phenoxy) is 2. The van der Waals surface area contributed by atoms with Gasteiger partial charge in [-0.15, -0.1) is 0 Å². The molecule has 1 atom stereocenters. The van der Waals surface area contributed by atoms with Gasteiger partial charge in [0.15, 0.2) is 0 Å². The highest BCUT2D eigenvalue weighted by molar-refractivity contribution is 5.71. The van der Waals surface area contributed by atoms with E-state index in [1.165, 1.54) is 9.80 Å².